The molecular formula is C15H20ClF3N2O. The van der Waals surface area contributed by atoms with Gasteiger partial charge in [0.2, 0.25) is 5.91 Å². The molecule has 0 saturated heterocycles. The fraction of sp³-hybridized carbons (Fsp3) is 0.533. The Morgan fingerprint density at radius 2 is 2.05 bits per heavy atom. The van der Waals surface area contributed by atoms with Gasteiger partial charge in [0, 0.05) is 18.2 Å². The van der Waals surface area contributed by atoms with Crippen LogP contribution in [0, 0.1) is 12.8 Å². The Labute approximate surface area is 133 Å². The predicted octanol–water partition coefficient (Wildman–Crippen LogP) is 3.89. The van der Waals surface area contributed by atoms with Crippen molar-refractivity contribution in [2.24, 2.45) is 11.7 Å². The van der Waals surface area contributed by atoms with Crippen LogP contribution >= 0.6 is 12.4 Å². The zero-order valence-electron chi connectivity index (χ0n) is 12.2. The molecule has 0 radical (unpaired) electrons. The summed E-state index contributed by atoms with van der Waals surface area (Å²) in [6.45, 7) is 1.66. The average molecular weight is 337 g/mol. The largest absolute Gasteiger partial charge is 0.416 e. The molecule has 1 aliphatic carbocycles. The molecule has 1 aliphatic rings. The van der Waals surface area contributed by atoms with Gasteiger partial charge in [-0.15, -0.1) is 12.4 Å². The minimum atomic E-state index is -4.42. The van der Waals surface area contributed by atoms with Gasteiger partial charge in [0.1, 0.15) is 0 Å². The highest BCUT2D eigenvalue weighted by Gasteiger charge is 2.31. The van der Waals surface area contributed by atoms with Gasteiger partial charge in [-0.2, -0.15) is 13.2 Å². The number of hydrogen-bond donors (Lipinski definition) is 2. The summed E-state index contributed by atoms with van der Waals surface area (Å²) >= 11 is 0. The van der Waals surface area contributed by atoms with E-state index in [9.17, 15) is 18.0 Å². The number of nitrogens with one attached hydrogen (secondary N) is 1. The second-order valence-electron chi connectivity index (χ2n) is 5.63. The molecule has 0 spiro atoms. The maximum Gasteiger partial charge on any atom is 0.416 e. The number of amides is 1. The van der Waals surface area contributed by atoms with Gasteiger partial charge in [0.25, 0.3) is 0 Å². The predicted molar refractivity (Wildman–Crippen MR) is 82.0 cm³/mol. The molecule has 1 fully saturated rings. The lowest BCUT2D eigenvalue weighted by Crippen LogP contribution is -2.28. The summed E-state index contributed by atoms with van der Waals surface area (Å²) in [5.41, 5.74) is 5.95. The van der Waals surface area contributed by atoms with E-state index in [1.807, 2.05) is 0 Å². The fourth-order valence-electron chi connectivity index (χ4n) is 2.69. The number of anilines is 1. The summed E-state index contributed by atoms with van der Waals surface area (Å²) in [6, 6.07) is 3.36. The fourth-order valence-corrected chi connectivity index (χ4v) is 2.69. The number of alkyl halides is 3. The van der Waals surface area contributed by atoms with Crippen molar-refractivity contribution >= 4 is 24.0 Å². The van der Waals surface area contributed by atoms with E-state index in [4.69, 9.17) is 5.73 Å². The Hall–Kier alpha value is -1.27. The Bertz CT molecular complexity index is 534. The molecule has 1 aromatic rings. The van der Waals surface area contributed by atoms with Gasteiger partial charge in [-0.1, -0.05) is 12.5 Å². The van der Waals surface area contributed by atoms with Crippen LogP contribution in [-0.2, 0) is 11.0 Å². The van der Waals surface area contributed by atoms with Gasteiger partial charge in [-0.25, -0.2) is 0 Å². The second-order valence-corrected chi connectivity index (χ2v) is 5.63. The van der Waals surface area contributed by atoms with Gasteiger partial charge in [0.15, 0.2) is 0 Å². The molecule has 3 N–H and O–H groups in total. The standard InChI is InChI=1S/C15H19F3N2O.ClH/c1-9-5-6-11(15(16,17)18)8-13(9)20-14(21)7-10-3-2-4-12(10)19;/h5-6,8,10,12H,2-4,7,19H2,1H3,(H,20,21);1H/t10-,12+;/m0./s1. The average Bonchev–Trinajstić information content (AvgIpc) is 2.76. The Balaban J connectivity index is 0.00000242. The molecule has 3 nitrogen and oxygen atoms in total. The third-order valence-corrected chi connectivity index (χ3v) is 4.00. The summed E-state index contributed by atoms with van der Waals surface area (Å²) in [5, 5.41) is 2.58. The quantitative estimate of drug-likeness (QED) is 0.879. The molecule has 0 bridgehead atoms. The molecule has 22 heavy (non-hydrogen) atoms. The van der Waals surface area contributed by atoms with E-state index in [0.717, 1.165) is 31.4 Å². The van der Waals surface area contributed by atoms with Crippen LogP contribution in [0.25, 0.3) is 0 Å². The summed E-state index contributed by atoms with van der Waals surface area (Å²) in [4.78, 5) is 12.0. The zero-order valence-corrected chi connectivity index (χ0v) is 13.1. The molecule has 0 aliphatic heterocycles. The highest BCUT2D eigenvalue weighted by atomic mass is 35.5. The van der Waals surface area contributed by atoms with Crippen molar-refractivity contribution in [3.8, 4) is 0 Å². The first kappa shape index (κ1) is 18.8. The first-order valence-electron chi connectivity index (χ1n) is 7.00. The lowest BCUT2D eigenvalue weighted by molar-refractivity contribution is -0.137. The topological polar surface area (TPSA) is 55.1 Å². The third-order valence-electron chi connectivity index (χ3n) is 4.00. The van der Waals surface area contributed by atoms with Crippen LogP contribution in [-0.4, -0.2) is 11.9 Å². The lowest BCUT2D eigenvalue weighted by atomic mass is 9.99. The second kappa shape index (κ2) is 7.33. The van der Waals surface area contributed by atoms with Gasteiger partial charge < -0.3 is 11.1 Å². The summed E-state index contributed by atoms with van der Waals surface area (Å²) < 4.78 is 38.1. The number of carbonyl (C=O) groups excluding carboxylic acids is 1. The third kappa shape index (κ3) is 4.61. The van der Waals surface area contributed by atoms with E-state index >= 15 is 0 Å². The Morgan fingerprint density at radius 3 is 2.59 bits per heavy atom. The summed E-state index contributed by atoms with van der Waals surface area (Å²) in [6.07, 6.45) is -1.35. The lowest BCUT2D eigenvalue weighted by Gasteiger charge is -2.16. The molecule has 7 heteroatoms. The highest BCUT2D eigenvalue weighted by Crippen LogP contribution is 2.32. The minimum Gasteiger partial charge on any atom is -0.327 e. The van der Waals surface area contributed by atoms with Crippen molar-refractivity contribution < 1.29 is 18.0 Å². The molecule has 1 amide bonds. The van der Waals surface area contributed by atoms with E-state index in [-0.39, 0.29) is 42.4 Å². The molecule has 2 atom stereocenters. The molecule has 0 aromatic heterocycles. The number of aryl methyl sites for hydroxylation is 1. The first-order chi connectivity index (χ1) is 9.77. The monoisotopic (exact) mass is 336 g/mol. The molecule has 1 saturated carbocycles. The smallest absolute Gasteiger partial charge is 0.327 e. The first-order valence-corrected chi connectivity index (χ1v) is 7.00. The number of carbonyl (C=O) groups is 1. The highest BCUT2D eigenvalue weighted by molar-refractivity contribution is 5.91. The molecular weight excluding hydrogens is 317 g/mol. The van der Waals surface area contributed by atoms with E-state index in [0.29, 0.717) is 5.56 Å². The van der Waals surface area contributed by atoms with Crippen molar-refractivity contribution in [1.82, 2.24) is 0 Å². The van der Waals surface area contributed by atoms with Gasteiger partial charge in [-0.3, -0.25) is 4.79 Å². The zero-order chi connectivity index (χ0) is 15.6. The number of hydrogen-bond acceptors (Lipinski definition) is 2. The number of halogens is 4. The van der Waals surface area contributed by atoms with Crippen LogP contribution in [0.15, 0.2) is 18.2 Å². The Morgan fingerprint density at radius 1 is 1.36 bits per heavy atom. The van der Waals surface area contributed by atoms with E-state index in [1.165, 1.54) is 6.07 Å². The van der Waals surface area contributed by atoms with E-state index in [1.54, 1.807) is 6.92 Å². The SMILES string of the molecule is Cc1ccc(C(F)(F)F)cc1NC(=O)C[C@@H]1CCC[C@H]1N.Cl. The Kier molecular flexibility index (Phi) is 6.26. The summed E-state index contributed by atoms with van der Waals surface area (Å²) in [7, 11) is 0. The molecule has 124 valence electrons. The number of nitrogens with two attached hydrogens (primary N) is 1. The maximum absolute atomic E-state index is 12.7. The maximum atomic E-state index is 12.7. The minimum absolute atomic E-state index is 0. The molecule has 0 heterocycles. The van der Waals surface area contributed by atoms with Crippen LogP contribution in [0.2, 0.25) is 0 Å². The van der Waals surface area contributed by atoms with Crippen molar-refractivity contribution in [3.63, 3.8) is 0 Å². The van der Waals surface area contributed by atoms with Crippen molar-refractivity contribution in [1.29, 1.82) is 0 Å². The molecule has 0 unspecified atom stereocenters. The van der Waals surface area contributed by atoms with Crippen LogP contribution in [0.5, 0.6) is 0 Å². The van der Waals surface area contributed by atoms with Crippen molar-refractivity contribution in [2.75, 3.05) is 5.32 Å². The normalized spacial score (nSPS) is 21.3. The number of rotatable bonds is 3. The number of benzene rings is 1. The van der Waals surface area contributed by atoms with Crippen molar-refractivity contribution in [3.05, 3.63) is 29.3 Å². The van der Waals surface area contributed by atoms with E-state index in [2.05, 4.69) is 5.32 Å². The van der Waals surface area contributed by atoms with Gasteiger partial charge >= 0.3 is 6.18 Å². The summed E-state index contributed by atoms with van der Waals surface area (Å²) in [5.74, 6) is -0.157. The van der Waals surface area contributed by atoms with Crippen LogP contribution in [0.1, 0.15) is 36.8 Å². The molecule has 2 rings (SSSR count). The van der Waals surface area contributed by atoms with Crippen molar-refractivity contribution in [2.45, 2.75) is 44.8 Å². The molecule has 1 aromatic carbocycles. The van der Waals surface area contributed by atoms with Crippen LogP contribution < -0.4 is 11.1 Å². The van der Waals surface area contributed by atoms with Gasteiger partial charge in [0.05, 0.1) is 5.56 Å². The van der Waals surface area contributed by atoms with Gasteiger partial charge in [-0.05, 0) is 43.4 Å². The van der Waals surface area contributed by atoms with Crippen LogP contribution in [0.3, 0.4) is 0 Å². The van der Waals surface area contributed by atoms with E-state index < -0.39 is 11.7 Å². The van der Waals surface area contributed by atoms with Crippen LogP contribution in [0.4, 0.5) is 18.9 Å².